The normalized spacial score (nSPS) is 16.7. The monoisotopic (exact) mass is 414 g/mol. The fraction of sp³-hybridized carbons (Fsp3) is 0.400. The van der Waals surface area contributed by atoms with Gasteiger partial charge in [0.05, 0.1) is 6.61 Å². The maximum Gasteiger partial charge on any atom is 0.328 e. The number of rotatable bonds is 7. The van der Waals surface area contributed by atoms with E-state index in [4.69, 9.17) is 14.6 Å². The van der Waals surface area contributed by atoms with Crippen molar-refractivity contribution >= 4 is 17.1 Å². The van der Waals surface area contributed by atoms with E-state index >= 15 is 0 Å². The van der Waals surface area contributed by atoms with Crippen LogP contribution >= 0.6 is 0 Å². The first kappa shape index (κ1) is 23.5. The Balaban J connectivity index is 2.61. The zero-order chi connectivity index (χ0) is 22.6. The first-order valence-electron chi connectivity index (χ1n) is 10.1. The minimum absolute atomic E-state index is 0.274. The van der Waals surface area contributed by atoms with Gasteiger partial charge in [0.25, 0.3) is 0 Å². The van der Waals surface area contributed by atoms with Crippen molar-refractivity contribution in [2.75, 3.05) is 6.61 Å². The third kappa shape index (κ3) is 5.62. The van der Waals surface area contributed by atoms with E-state index in [0.29, 0.717) is 29.1 Å². The summed E-state index contributed by atoms with van der Waals surface area (Å²) < 4.78 is 26.9. The minimum atomic E-state index is -1.07. The molecular weight excluding hydrogens is 383 g/mol. The lowest BCUT2D eigenvalue weighted by molar-refractivity contribution is -0.131. The van der Waals surface area contributed by atoms with Gasteiger partial charge in [-0.15, -0.1) is 0 Å². The minimum Gasteiger partial charge on any atom is -0.493 e. The molecule has 1 aromatic carbocycles. The number of carboxylic acid groups (broad SMARTS) is 1. The predicted octanol–water partition coefficient (Wildman–Crippen LogP) is 6.58. The molecule has 0 radical (unpaired) electrons. The van der Waals surface area contributed by atoms with Crippen LogP contribution in [0.5, 0.6) is 11.5 Å². The molecule has 0 aliphatic carbocycles. The number of halogens is 1. The molecule has 0 unspecified atom stereocenters. The van der Waals surface area contributed by atoms with E-state index in [2.05, 4.69) is 19.9 Å². The Bertz CT molecular complexity index is 946. The molecule has 2 rings (SSSR count). The maximum atomic E-state index is 14.9. The second kappa shape index (κ2) is 9.33. The molecule has 1 aliphatic rings. The largest absolute Gasteiger partial charge is 0.493 e. The SMILES string of the molecule is CCOc1cc2c(cc1\C(C)=C(F)/C=C/C(C)=C/C(=O)O)C(C(C)C)=CC(C)(C)O2. The molecule has 1 aromatic rings. The third-order valence-corrected chi connectivity index (χ3v) is 4.80. The Morgan fingerprint density at radius 3 is 2.50 bits per heavy atom. The van der Waals surface area contributed by atoms with Crippen LogP contribution in [0.4, 0.5) is 4.39 Å². The van der Waals surface area contributed by atoms with E-state index in [1.165, 1.54) is 12.2 Å². The molecule has 30 heavy (non-hydrogen) atoms. The molecule has 0 saturated heterocycles. The summed E-state index contributed by atoms with van der Waals surface area (Å²) in [6.45, 7) is 13.9. The molecule has 1 heterocycles. The number of aliphatic carboxylic acids is 1. The number of fused-ring (bicyclic) bond motifs is 1. The summed E-state index contributed by atoms with van der Waals surface area (Å²) in [6, 6.07) is 3.76. The van der Waals surface area contributed by atoms with E-state index in [-0.39, 0.29) is 5.92 Å². The van der Waals surface area contributed by atoms with Crippen LogP contribution in [0, 0.1) is 5.92 Å². The summed E-state index contributed by atoms with van der Waals surface area (Å²) in [5, 5.41) is 8.80. The Labute approximate surface area is 178 Å². The van der Waals surface area contributed by atoms with Crippen molar-refractivity contribution in [3.05, 3.63) is 59.0 Å². The lowest BCUT2D eigenvalue weighted by Gasteiger charge is -2.33. The molecule has 5 heteroatoms. The topological polar surface area (TPSA) is 55.8 Å². The smallest absolute Gasteiger partial charge is 0.328 e. The highest BCUT2D eigenvalue weighted by Gasteiger charge is 2.29. The highest BCUT2D eigenvalue weighted by molar-refractivity contribution is 5.82. The van der Waals surface area contributed by atoms with Crippen molar-refractivity contribution < 1.29 is 23.8 Å². The Morgan fingerprint density at radius 2 is 1.93 bits per heavy atom. The third-order valence-electron chi connectivity index (χ3n) is 4.80. The molecular formula is C25H31FO4. The van der Waals surface area contributed by atoms with Crippen LogP contribution in [-0.4, -0.2) is 23.3 Å². The molecule has 0 aromatic heterocycles. The van der Waals surface area contributed by atoms with Crippen LogP contribution < -0.4 is 9.47 Å². The van der Waals surface area contributed by atoms with E-state index < -0.39 is 17.4 Å². The van der Waals surface area contributed by atoms with Gasteiger partial charge < -0.3 is 14.6 Å². The van der Waals surface area contributed by atoms with Gasteiger partial charge in [0.15, 0.2) is 0 Å². The molecule has 162 valence electrons. The van der Waals surface area contributed by atoms with Crippen LogP contribution in [0.1, 0.15) is 59.6 Å². The molecule has 0 bridgehead atoms. The summed E-state index contributed by atoms with van der Waals surface area (Å²) in [5.41, 5.74) is 3.14. The van der Waals surface area contributed by atoms with Gasteiger partial charge in [0.2, 0.25) is 0 Å². The Hall–Kier alpha value is -2.82. The first-order valence-corrected chi connectivity index (χ1v) is 10.1. The fourth-order valence-corrected chi connectivity index (χ4v) is 3.38. The van der Waals surface area contributed by atoms with Crippen molar-refractivity contribution in [2.45, 2.75) is 54.1 Å². The number of hydrogen-bond acceptors (Lipinski definition) is 3. The van der Waals surface area contributed by atoms with Crippen LogP contribution in [0.25, 0.3) is 11.1 Å². The molecule has 0 atom stereocenters. The molecule has 0 saturated carbocycles. The molecule has 1 aliphatic heterocycles. The summed E-state index contributed by atoms with van der Waals surface area (Å²) in [7, 11) is 0. The molecule has 4 nitrogen and oxygen atoms in total. The van der Waals surface area contributed by atoms with Gasteiger partial charge in [-0.2, -0.15) is 0 Å². The number of hydrogen-bond donors (Lipinski definition) is 1. The van der Waals surface area contributed by atoms with Gasteiger partial charge >= 0.3 is 5.97 Å². The van der Waals surface area contributed by atoms with Gasteiger partial charge in [-0.25, -0.2) is 9.18 Å². The van der Waals surface area contributed by atoms with Crippen molar-refractivity contribution in [2.24, 2.45) is 5.92 Å². The van der Waals surface area contributed by atoms with Crippen molar-refractivity contribution in [3.8, 4) is 11.5 Å². The maximum absolute atomic E-state index is 14.9. The Kier molecular flexibility index (Phi) is 7.30. The van der Waals surface area contributed by atoms with E-state index in [1.807, 2.05) is 32.9 Å². The second-order valence-electron chi connectivity index (χ2n) is 8.27. The van der Waals surface area contributed by atoms with Crippen LogP contribution in [-0.2, 0) is 4.79 Å². The lowest BCUT2D eigenvalue weighted by Crippen LogP contribution is -2.29. The fourth-order valence-electron chi connectivity index (χ4n) is 3.38. The van der Waals surface area contributed by atoms with Crippen molar-refractivity contribution in [1.82, 2.24) is 0 Å². The highest BCUT2D eigenvalue weighted by atomic mass is 19.1. The zero-order valence-electron chi connectivity index (χ0n) is 18.8. The van der Waals surface area contributed by atoms with Crippen molar-refractivity contribution in [3.63, 3.8) is 0 Å². The van der Waals surface area contributed by atoms with E-state index in [0.717, 1.165) is 23.0 Å². The average Bonchev–Trinajstić information content (AvgIpc) is 2.63. The van der Waals surface area contributed by atoms with Crippen molar-refractivity contribution in [1.29, 1.82) is 0 Å². The van der Waals surface area contributed by atoms with Gasteiger partial charge in [-0.1, -0.05) is 19.9 Å². The number of ether oxygens (including phenoxy) is 2. The Morgan fingerprint density at radius 1 is 1.27 bits per heavy atom. The van der Waals surface area contributed by atoms with Gasteiger partial charge in [-0.05, 0) is 75.5 Å². The van der Waals surface area contributed by atoms with Gasteiger partial charge in [-0.3, -0.25) is 0 Å². The summed E-state index contributed by atoms with van der Waals surface area (Å²) in [5.74, 6) is 0.0255. The van der Waals surface area contributed by atoms with Gasteiger partial charge in [0, 0.05) is 23.3 Å². The quantitative estimate of drug-likeness (QED) is 0.404. The number of allylic oxidation sites excluding steroid dienone is 6. The molecule has 0 fully saturated rings. The summed E-state index contributed by atoms with van der Waals surface area (Å²) >= 11 is 0. The van der Waals surface area contributed by atoms with Crippen LogP contribution in [0.15, 0.2) is 47.8 Å². The summed E-state index contributed by atoms with van der Waals surface area (Å²) in [6.07, 6.45) is 5.86. The predicted molar refractivity (Wildman–Crippen MR) is 119 cm³/mol. The number of carbonyl (C=O) groups is 1. The van der Waals surface area contributed by atoms with E-state index in [9.17, 15) is 9.18 Å². The second-order valence-corrected chi connectivity index (χ2v) is 8.27. The number of benzene rings is 1. The number of carboxylic acids is 1. The molecule has 1 N–H and O–H groups in total. The lowest BCUT2D eigenvalue weighted by atomic mass is 9.86. The first-order chi connectivity index (χ1) is 13.9. The average molecular weight is 415 g/mol. The summed E-state index contributed by atoms with van der Waals surface area (Å²) in [4.78, 5) is 10.7. The zero-order valence-corrected chi connectivity index (χ0v) is 18.8. The standard InChI is InChI=1S/C25H31FO4/c1-8-29-22-13-23-19(20(15(2)3)14-25(6,7)30-23)12-18(22)17(5)21(26)10-9-16(4)11-24(27)28/h9-15H,8H2,1-7H3,(H,27,28)/b10-9+,16-11+,21-17+. The van der Waals surface area contributed by atoms with Gasteiger partial charge in [0.1, 0.15) is 22.9 Å². The van der Waals surface area contributed by atoms with E-state index in [1.54, 1.807) is 13.8 Å². The van der Waals surface area contributed by atoms with Crippen LogP contribution in [0.2, 0.25) is 0 Å². The molecule has 0 amide bonds. The highest BCUT2D eigenvalue weighted by Crippen LogP contribution is 2.44. The molecule has 0 spiro atoms. The van der Waals surface area contributed by atoms with Crippen LogP contribution in [0.3, 0.4) is 0 Å².